The SMILES string of the molecule is Cl.NCCCNC(=O)CC(NC(N)=O)c1cccc(Oc2ccccc2)c1. The Morgan fingerprint density at radius 3 is 2.41 bits per heavy atom. The summed E-state index contributed by atoms with van der Waals surface area (Å²) in [6, 6.07) is 15.3. The van der Waals surface area contributed by atoms with Crippen LogP contribution in [0.15, 0.2) is 54.6 Å². The Kier molecular flexibility index (Phi) is 9.71. The maximum Gasteiger partial charge on any atom is 0.312 e. The molecule has 1 atom stereocenters. The summed E-state index contributed by atoms with van der Waals surface area (Å²) in [4.78, 5) is 23.4. The van der Waals surface area contributed by atoms with Crippen LogP contribution in [-0.4, -0.2) is 25.0 Å². The number of nitrogens with one attached hydrogen (secondary N) is 2. The molecule has 27 heavy (non-hydrogen) atoms. The lowest BCUT2D eigenvalue weighted by Gasteiger charge is -2.18. The van der Waals surface area contributed by atoms with Gasteiger partial charge in [0.05, 0.1) is 12.5 Å². The molecule has 2 aromatic rings. The minimum absolute atomic E-state index is 0. The lowest BCUT2D eigenvalue weighted by atomic mass is 10.0. The van der Waals surface area contributed by atoms with Crippen molar-refractivity contribution in [3.8, 4) is 11.5 Å². The molecule has 7 nitrogen and oxygen atoms in total. The highest BCUT2D eigenvalue weighted by atomic mass is 35.5. The molecule has 2 rings (SSSR count). The summed E-state index contributed by atoms with van der Waals surface area (Å²) in [5.41, 5.74) is 11.4. The normalized spacial score (nSPS) is 11.0. The predicted molar refractivity (Wildman–Crippen MR) is 107 cm³/mol. The topological polar surface area (TPSA) is 119 Å². The summed E-state index contributed by atoms with van der Waals surface area (Å²) < 4.78 is 5.80. The molecule has 0 aliphatic rings. The Bertz CT molecular complexity index is 728. The number of halogens is 1. The standard InChI is InChI=1S/C19H24N4O3.ClH/c20-10-5-11-22-18(24)13-17(23-19(21)25)14-6-4-9-16(12-14)26-15-7-2-1-3-8-15;/h1-4,6-9,12,17H,5,10-11,13,20H2,(H,22,24)(H3,21,23,25);1H. The van der Waals surface area contributed by atoms with Crippen LogP contribution in [0.25, 0.3) is 0 Å². The van der Waals surface area contributed by atoms with Crippen LogP contribution in [0.1, 0.15) is 24.4 Å². The second-order valence-corrected chi connectivity index (χ2v) is 5.75. The van der Waals surface area contributed by atoms with Gasteiger partial charge in [-0.1, -0.05) is 30.3 Å². The first-order valence-electron chi connectivity index (χ1n) is 8.44. The van der Waals surface area contributed by atoms with Crippen LogP contribution in [0, 0.1) is 0 Å². The number of nitrogens with two attached hydrogens (primary N) is 2. The molecule has 2 aromatic carbocycles. The fraction of sp³-hybridized carbons (Fsp3) is 0.263. The van der Waals surface area contributed by atoms with Crippen molar-refractivity contribution in [3.05, 3.63) is 60.2 Å². The van der Waals surface area contributed by atoms with Crippen LogP contribution >= 0.6 is 12.4 Å². The number of carbonyl (C=O) groups is 2. The van der Waals surface area contributed by atoms with Gasteiger partial charge in [-0.15, -0.1) is 12.4 Å². The zero-order valence-corrected chi connectivity index (χ0v) is 15.7. The number of carbonyl (C=O) groups excluding carboxylic acids is 2. The van der Waals surface area contributed by atoms with Gasteiger partial charge in [-0.3, -0.25) is 4.79 Å². The molecular formula is C19H25ClN4O3. The van der Waals surface area contributed by atoms with Crippen LogP contribution in [0.4, 0.5) is 4.79 Å². The molecule has 146 valence electrons. The largest absolute Gasteiger partial charge is 0.457 e. The molecule has 0 heterocycles. The summed E-state index contributed by atoms with van der Waals surface area (Å²) in [5.74, 6) is 1.11. The number of hydrogen-bond donors (Lipinski definition) is 4. The first-order chi connectivity index (χ1) is 12.6. The van der Waals surface area contributed by atoms with E-state index >= 15 is 0 Å². The van der Waals surface area contributed by atoms with E-state index in [2.05, 4.69) is 10.6 Å². The third kappa shape index (κ3) is 7.98. The van der Waals surface area contributed by atoms with Gasteiger partial charge in [0.2, 0.25) is 5.91 Å². The van der Waals surface area contributed by atoms with E-state index in [4.69, 9.17) is 16.2 Å². The number of urea groups is 1. The van der Waals surface area contributed by atoms with Crippen molar-refractivity contribution >= 4 is 24.3 Å². The van der Waals surface area contributed by atoms with Gasteiger partial charge in [-0.05, 0) is 42.8 Å². The molecule has 0 aromatic heterocycles. The third-order valence-corrected chi connectivity index (χ3v) is 3.65. The molecule has 1 unspecified atom stereocenters. The van der Waals surface area contributed by atoms with E-state index < -0.39 is 12.1 Å². The Balaban J connectivity index is 0.00000364. The highest BCUT2D eigenvalue weighted by Crippen LogP contribution is 2.25. The van der Waals surface area contributed by atoms with Crippen LogP contribution in [0.3, 0.4) is 0 Å². The van der Waals surface area contributed by atoms with Crippen molar-refractivity contribution in [3.63, 3.8) is 0 Å². The number of ether oxygens (including phenoxy) is 1. The average molecular weight is 393 g/mol. The molecule has 0 aliphatic carbocycles. The van der Waals surface area contributed by atoms with E-state index in [0.717, 1.165) is 5.56 Å². The Labute approximate surface area is 164 Å². The highest BCUT2D eigenvalue weighted by molar-refractivity contribution is 5.85. The zero-order chi connectivity index (χ0) is 18.8. The predicted octanol–water partition coefficient (Wildman–Crippen LogP) is 2.47. The van der Waals surface area contributed by atoms with Gasteiger partial charge in [0.15, 0.2) is 0 Å². The lowest BCUT2D eigenvalue weighted by Crippen LogP contribution is -2.37. The molecule has 0 aliphatic heterocycles. The van der Waals surface area contributed by atoms with Gasteiger partial charge in [0.1, 0.15) is 11.5 Å². The van der Waals surface area contributed by atoms with Gasteiger partial charge in [0.25, 0.3) is 0 Å². The van der Waals surface area contributed by atoms with Crippen molar-refractivity contribution in [2.24, 2.45) is 11.5 Å². The molecule has 0 saturated carbocycles. The first kappa shape index (κ1) is 22.3. The van der Waals surface area contributed by atoms with Gasteiger partial charge >= 0.3 is 6.03 Å². The van der Waals surface area contributed by atoms with E-state index in [1.807, 2.05) is 36.4 Å². The molecule has 6 N–H and O–H groups in total. The summed E-state index contributed by atoms with van der Waals surface area (Å²) in [7, 11) is 0. The van der Waals surface area contributed by atoms with E-state index in [-0.39, 0.29) is 24.7 Å². The Morgan fingerprint density at radius 2 is 1.74 bits per heavy atom. The molecule has 8 heteroatoms. The second kappa shape index (κ2) is 11.8. The van der Waals surface area contributed by atoms with Crippen molar-refractivity contribution in [2.75, 3.05) is 13.1 Å². The fourth-order valence-corrected chi connectivity index (χ4v) is 2.43. The molecule has 0 spiro atoms. The maximum absolute atomic E-state index is 12.1. The van der Waals surface area contributed by atoms with Gasteiger partial charge in [-0.2, -0.15) is 0 Å². The maximum atomic E-state index is 12.1. The van der Waals surface area contributed by atoms with E-state index in [0.29, 0.717) is 31.0 Å². The third-order valence-electron chi connectivity index (χ3n) is 3.65. The fourth-order valence-electron chi connectivity index (χ4n) is 2.43. The average Bonchev–Trinajstić information content (AvgIpc) is 2.62. The van der Waals surface area contributed by atoms with Crippen molar-refractivity contribution in [1.29, 1.82) is 0 Å². The molecule has 0 fully saturated rings. The van der Waals surface area contributed by atoms with E-state index in [9.17, 15) is 9.59 Å². The van der Waals surface area contributed by atoms with Crippen LogP contribution < -0.4 is 26.8 Å². The van der Waals surface area contributed by atoms with Crippen molar-refractivity contribution in [2.45, 2.75) is 18.9 Å². The summed E-state index contributed by atoms with van der Waals surface area (Å²) >= 11 is 0. The summed E-state index contributed by atoms with van der Waals surface area (Å²) in [6.45, 7) is 0.998. The van der Waals surface area contributed by atoms with Crippen LogP contribution in [-0.2, 0) is 4.79 Å². The van der Waals surface area contributed by atoms with Crippen molar-refractivity contribution in [1.82, 2.24) is 10.6 Å². The number of primary amides is 1. The zero-order valence-electron chi connectivity index (χ0n) is 14.9. The number of para-hydroxylation sites is 1. The quantitative estimate of drug-likeness (QED) is 0.490. The van der Waals surface area contributed by atoms with Gasteiger partial charge < -0.3 is 26.8 Å². The summed E-state index contributed by atoms with van der Waals surface area (Å²) in [6.07, 6.45) is 0.766. The molecule has 0 bridgehead atoms. The minimum atomic E-state index is -0.695. The van der Waals surface area contributed by atoms with Crippen molar-refractivity contribution < 1.29 is 14.3 Å². The first-order valence-corrected chi connectivity index (χ1v) is 8.44. The number of amides is 3. The van der Waals surface area contributed by atoms with E-state index in [1.54, 1.807) is 18.2 Å². The number of rotatable bonds is 9. The lowest BCUT2D eigenvalue weighted by molar-refractivity contribution is -0.121. The molecule has 3 amide bonds. The Morgan fingerprint density at radius 1 is 1.04 bits per heavy atom. The van der Waals surface area contributed by atoms with Gasteiger partial charge in [0, 0.05) is 6.54 Å². The van der Waals surface area contributed by atoms with Crippen LogP contribution in [0.5, 0.6) is 11.5 Å². The Hall–Kier alpha value is -2.77. The number of hydrogen-bond acceptors (Lipinski definition) is 4. The minimum Gasteiger partial charge on any atom is -0.457 e. The van der Waals surface area contributed by atoms with Gasteiger partial charge in [-0.25, -0.2) is 4.79 Å². The highest BCUT2D eigenvalue weighted by Gasteiger charge is 2.18. The van der Waals surface area contributed by atoms with Crippen LogP contribution in [0.2, 0.25) is 0 Å². The molecule has 0 saturated heterocycles. The summed E-state index contributed by atoms with van der Waals surface area (Å²) in [5, 5.41) is 5.38. The monoisotopic (exact) mass is 392 g/mol. The smallest absolute Gasteiger partial charge is 0.312 e. The molecule has 0 radical (unpaired) electrons. The second-order valence-electron chi connectivity index (χ2n) is 5.75. The number of benzene rings is 2. The molecular weight excluding hydrogens is 368 g/mol. The van der Waals surface area contributed by atoms with E-state index in [1.165, 1.54) is 0 Å².